The van der Waals surface area contributed by atoms with Crippen molar-refractivity contribution in [1.82, 2.24) is 4.90 Å². The Balaban J connectivity index is 1.50. The molecule has 3 aromatic rings. The Morgan fingerprint density at radius 3 is 2.24 bits per heavy atom. The molecule has 0 aromatic heterocycles. The summed E-state index contributed by atoms with van der Waals surface area (Å²) in [6.07, 6.45) is 3.23. The van der Waals surface area contributed by atoms with Crippen LogP contribution in [0.5, 0.6) is 5.75 Å². The van der Waals surface area contributed by atoms with E-state index in [-0.39, 0.29) is 31.1 Å². The minimum Gasteiger partial charge on any atom is -0.487 e. The second-order valence-corrected chi connectivity index (χ2v) is 11.6. The summed E-state index contributed by atoms with van der Waals surface area (Å²) in [5, 5.41) is 12.3. The Bertz CT molecular complexity index is 1610. The van der Waals surface area contributed by atoms with Gasteiger partial charge in [0.05, 0.1) is 11.4 Å². The number of halogens is 2. The number of Topliss-reactive ketones (excluding diaryl/α,β-unsaturated/α-hetero) is 2. The van der Waals surface area contributed by atoms with Gasteiger partial charge in [-0.15, -0.1) is 0 Å². The number of carboxylic acids is 1. The first kappa shape index (κ1) is 27.6. The van der Waals surface area contributed by atoms with Crippen molar-refractivity contribution in [3.63, 3.8) is 0 Å². The van der Waals surface area contributed by atoms with Gasteiger partial charge in [0, 0.05) is 58.4 Å². The summed E-state index contributed by atoms with van der Waals surface area (Å²) in [5.41, 5.74) is 4.24. The van der Waals surface area contributed by atoms with Crippen LogP contribution < -0.4 is 4.74 Å². The first-order valence-electron chi connectivity index (χ1n) is 13.9. The molecule has 0 atom stereocenters. The van der Waals surface area contributed by atoms with E-state index in [1.54, 1.807) is 12.1 Å². The zero-order valence-corrected chi connectivity index (χ0v) is 23.9. The third-order valence-corrected chi connectivity index (χ3v) is 8.73. The second-order valence-electron chi connectivity index (χ2n) is 10.7. The maximum Gasteiger partial charge on any atom is 0.305 e. The summed E-state index contributed by atoms with van der Waals surface area (Å²) >= 11 is 13.3. The number of hydrogen-bond acceptors (Lipinski definition) is 5. The lowest BCUT2D eigenvalue weighted by atomic mass is 9.70. The molecular formula is C33H29Cl2NO5. The number of rotatable bonds is 7. The minimum absolute atomic E-state index is 0.0439. The first-order chi connectivity index (χ1) is 19.8. The van der Waals surface area contributed by atoms with E-state index in [0.29, 0.717) is 71.0 Å². The fourth-order valence-electron chi connectivity index (χ4n) is 6.52. The van der Waals surface area contributed by atoms with E-state index in [1.165, 1.54) is 0 Å². The van der Waals surface area contributed by atoms with Crippen LogP contribution in [0.4, 0.5) is 0 Å². The monoisotopic (exact) mass is 589 g/mol. The van der Waals surface area contributed by atoms with Crippen LogP contribution in [0.1, 0.15) is 62.0 Å². The van der Waals surface area contributed by atoms with E-state index < -0.39 is 11.9 Å². The van der Waals surface area contributed by atoms with Gasteiger partial charge in [0.1, 0.15) is 12.4 Å². The average Bonchev–Trinajstić information content (AvgIpc) is 2.95. The van der Waals surface area contributed by atoms with Crippen molar-refractivity contribution in [1.29, 1.82) is 0 Å². The standard InChI is InChI=1S/C33H29Cl2NO5/c34-21-16-23(33(24(35)17-21)41-18-20-8-3-7-19-6-1-2-9-22(19)20)30-31-25(10-4-12-27(31)37)36(15-14-29(39)40)26-11-5-13-28(38)32(26)30/h1-3,6-9,16-17,30H,4-5,10-15,18H2,(H,39,40). The Labute approximate surface area is 248 Å². The van der Waals surface area contributed by atoms with Gasteiger partial charge in [-0.3, -0.25) is 14.4 Å². The van der Waals surface area contributed by atoms with Crippen molar-refractivity contribution < 1.29 is 24.2 Å². The number of allylic oxidation sites excluding steroid dienone is 4. The fourth-order valence-corrected chi connectivity index (χ4v) is 7.08. The van der Waals surface area contributed by atoms with Crippen LogP contribution in [0.3, 0.4) is 0 Å². The molecule has 0 spiro atoms. The van der Waals surface area contributed by atoms with Gasteiger partial charge >= 0.3 is 5.97 Å². The Morgan fingerprint density at radius 2 is 1.56 bits per heavy atom. The summed E-state index contributed by atoms with van der Waals surface area (Å²) in [5.74, 6) is -1.30. The lowest BCUT2D eigenvalue weighted by Crippen LogP contribution is -2.40. The van der Waals surface area contributed by atoms with Gasteiger partial charge in [-0.2, -0.15) is 0 Å². The van der Waals surface area contributed by atoms with E-state index in [2.05, 4.69) is 0 Å². The van der Waals surface area contributed by atoms with Gasteiger partial charge < -0.3 is 14.7 Å². The van der Waals surface area contributed by atoms with Crippen molar-refractivity contribution in [3.05, 3.63) is 98.3 Å². The molecule has 1 heterocycles. The second kappa shape index (κ2) is 11.3. The highest BCUT2D eigenvalue weighted by molar-refractivity contribution is 6.35. The highest BCUT2D eigenvalue weighted by Gasteiger charge is 2.44. The lowest BCUT2D eigenvalue weighted by molar-refractivity contribution is -0.137. The Morgan fingerprint density at radius 1 is 0.902 bits per heavy atom. The molecule has 6 nitrogen and oxygen atoms in total. The molecule has 41 heavy (non-hydrogen) atoms. The van der Waals surface area contributed by atoms with Crippen LogP contribution >= 0.6 is 23.2 Å². The number of hydrogen-bond donors (Lipinski definition) is 1. The number of nitrogens with zero attached hydrogens (tertiary/aromatic N) is 1. The number of benzene rings is 3. The summed E-state index contributed by atoms with van der Waals surface area (Å²) in [4.78, 5) is 40.8. The van der Waals surface area contributed by atoms with Crippen molar-refractivity contribution in [3.8, 4) is 5.75 Å². The third-order valence-electron chi connectivity index (χ3n) is 8.24. The van der Waals surface area contributed by atoms with Crippen molar-refractivity contribution >= 4 is 51.5 Å². The largest absolute Gasteiger partial charge is 0.487 e. The molecule has 0 saturated carbocycles. The van der Waals surface area contributed by atoms with Gasteiger partial charge in [0.2, 0.25) is 0 Å². The van der Waals surface area contributed by atoms with Gasteiger partial charge in [-0.1, -0.05) is 65.7 Å². The van der Waals surface area contributed by atoms with Gasteiger partial charge in [-0.05, 0) is 54.2 Å². The predicted molar refractivity (Wildman–Crippen MR) is 158 cm³/mol. The number of carboxylic acid groups (broad SMARTS) is 1. The molecule has 1 N–H and O–H groups in total. The topological polar surface area (TPSA) is 83.9 Å². The van der Waals surface area contributed by atoms with Crippen LogP contribution in [-0.4, -0.2) is 34.1 Å². The van der Waals surface area contributed by atoms with E-state index in [4.69, 9.17) is 27.9 Å². The molecule has 0 bridgehead atoms. The molecule has 0 unspecified atom stereocenters. The molecule has 3 aliphatic rings. The molecule has 8 heteroatoms. The summed E-state index contributed by atoms with van der Waals surface area (Å²) in [6, 6.07) is 17.5. The smallest absolute Gasteiger partial charge is 0.305 e. The lowest BCUT2D eigenvalue weighted by Gasteiger charge is -2.44. The van der Waals surface area contributed by atoms with E-state index in [9.17, 15) is 19.5 Å². The highest BCUT2D eigenvalue weighted by atomic mass is 35.5. The molecular weight excluding hydrogens is 561 g/mol. The average molecular weight is 591 g/mol. The fraction of sp³-hybridized carbons (Fsp3) is 0.303. The molecule has 0 fully saturated rings. The van der Waals surface area contributed by atoms with Crippen molar-refractivity contribution in [2.75, 3.05) is 6.54 Å². The number of fused-ring (bicyclic) bond motifs is 1. The van der Waals surface area contributed by atoms with Crippen LogP contribution in [0.15, 0.2) is 77.1 Å². The normalized spacial score (nSPS) is 17.7. The summed E-state index contributed by atoms with van der Waals surface area (Å²) in [7, 11) is 0. The maximum absolute atomic E-state index is 13.6. The Kier molecular flexibility index (Phi) is 7.62. The summed E-state index contributed by atoms with van der Waals surface area (Å²) in [6.45, 7) is 0.438. The maximum atomic E-state index is 13.6. The predicted octanol–water partition coefficient (Wildman–Crippen LogP) is 7.61. The van der Waals surface area contributed by atoms with Gasteiger partial charge in [-0.25, -0.2) is 0 Å². The number of ketones is 2. The van der Waals surface area contributed by atoms with Gasteiger partial charge in [0.25, 0.3) is 0 Å². The number of carbonyl (C=O) groups excluding carboxylic acids is 2. The van der Waals surface area contributed by atoms with E-state index in [1.807, 2.05) is 47.4 Å². The highest BCUT2D eigenvalue weighted by Crippen LogP contribution is 2.52. The van der Waals surface area contributed by atoms with Crippen LogP contribution in [0, 0.1) is 0 Å². The zero-order chi connectivity index (χ0) is 28.7. The van der Waals surface area contributed by atoms with Gasteiger partial charge in [0.15, 0.2) is 11.6 Å². The molecule has 0 radical (unpaired) electrons. The number of aliphatic carboxylic acids is 1. The number of carbonyl (C=O) groups is 3. The SMILES string of the molecule is O=C(O)CCN1C2=C(C(=O)CCC2)C(c2cc(Cl)cc(Cl)c2OCc2cccc3ccccc23)C2=C1CCCC2=O. The van der Waals surface area contributed by atoms with Crippen molar-refractivity contribution in [2.24, 2.45) is 0 Å². The molecule has 2 aliphatic carbocycles. The summed E-state index contributed by atoms with van der Waals surface area (Å²) < 4.78 is 6.46. The van der Waals surface area contributed by atoms with Crippen molar-refractivity contribution in [2.45, 2.75) is 57.5 Å². The molecule has 1 aliphatic heterocycles. The van der Waals surface area contributed by atoms with E-state index in [0.717, 1.165) is 27.7 Å². The molecule has 210 valence electrons. The first-order valence-corrected chi connectivity index (χ1v) is 14.7. The molecule has 3 aromatic carbocycles. The Hall–Kier alpha value is -3.61. The van der Waals surface area contributed by atoms with E-state index >= 15 is 0 Å². The molecule has 6 rings (SSSR count). The zero-order valence-electron chi connectivity index (χ0n) is 22.4. The third kappa shape index (κ3) is 5.15. The quantitative estimate of drug-likeness (QED) is 0.305. The number of ether oxygens (including phenoxy) is 1. The van der Waals surface area contributed by atoms with Crippen LogP contribution in [-0.2, 0) is 21.0 Å². The minimum atomic E-state index is -0.925. The molecule has 0 saturated heterocycles. The van der Waals surface area contributed by atoms with Crippen LogP contribution in [0.25, 0.3) is 10.8 Å². The molecule has 0 amide bonds. The van der Waals surface area contributed by atoms with Crippen LogP contribution in [0.2, 0.25) is 10.0 Å².